The highest BCUT2D eigenvalue weighted by Gasteiger charge is 2.17. The van der Waals surface area contributed by atoms with Crippen molar-refractivity contribution in [3.63, 3.8) is 0 Å². The molecule has 0 spiro atoms. The number of anilines is 1. The molecule has 160 valence electrons. The van der Waals surface area contributed by atoms with Gasteiger partial charge in [-0.1, -0.05) is 35.3 Å². The first kappa shape index (κ1) is 22.4. The van der Waals surface area contributed by atoms with Crippen molar-refractivity contribution in [3.8, 4) is 5.75 Å². The number of nitrogens with zero attached hydrogens (tertiary/aromatic N) is 1. The number of rotatable bonds is 7. The number of ether oxygens (including phenoxy) is 1. The summed E-state index contributed by atoms with van der Waals surface area (Å²) in [4.78, 5) is 36.4. The highest BCUT2D eigenvalue weighted by molar-refractivity contribution is 6.39. The second-order valence-electron chi connectivity index (χ2n) is 6.75. The third kappa shape index (κ3) is 5.25. The van der Waals surface area contributed by atoms with Gasteiger partial charge in [-0.3, -0.25) is 9.59 Å². The Morgan fingerprint density at radius 1 is 1.03 bits per heavy atom. The zero-order valence-electron chi connectivity index (χ0n) is 16.3. The fourth-order valence-corrected chi connectivity index (χ4v) is 3.66. The summed E-state index contributed by atoms with van der Waals surface area (Å²) in [5.74, 6) is -2.43. The van der Waals surface area contributed by atoms with Gasteiger partial charge in [0.25, 0.3) is 5.91 Å². The van der Waals surface area contributed by atoms with Crippen molar-refractivity contribution in [3.05, 3.63) is 69.7 Å². The maximum Gasteiger partial charge on any atom is 0.335 e. The van der Waals surface area contributed by atoms with Crippen molar-refractivity contribution >= 4 is 57.5 Å². The Balaban J connectivity index is 1.85. The molecule has 0 saturated heterocycles. The summed E-state index contributed by atoms with van der Waals surface area (Å²) in [7, 11) is 1.53. The second-order valence-corrected chi connectivity index (χ2v) is 7.59. The molecule has 0 fully saturated rings. The van der Waals surface area contributed by atoms with E-state index in [0.717, 1.165) is 0 Å². The minimum atomic E-state index is -1.17. The predicted molar refractivity (Wildman–Crippen MR) is 118 cm³/mol. The standard InChI is InChI=1S/C22H17Cl2NO6/c1-25(16-4-2-3-12(5-16)6-20(27)28)19(26)11-31-18-9-14(22(29)30)7-13-8-15(23)10-17(24)21(13)18/h2-5,7-10H,6,11H2,1H3,(H,27,28)(H,29,30). The van der Waals surface area contributed by atoms with Gasteiger partial charge in [0.2, 0.25) is 0 Å². The molecular formula is C22H17Cl2NO6. The Kier molecular flexibility index (Phi) is 6.68. The molecule has 0 aliphatic carbocycles. The number of carbonyl (C=O) groups excluding carboxylic acids is 1. The van der Waals surface area contributed by atoms with E-state index in [1.165, 1.54) is 30.1 Å². The minimum absolute atomic E-state index is 0.0389. The quantitative estimate of drug-likeness (QED) is 0.536. The lowest BCUT2D eigenvalue weighted by Crippen LogP contribution is -2.31. The van der Waals surface area contributed by atoms with Crippen LogP contribution in [0.25, 0.3) is 10.8 Å². The van der Waals surface area contributed by atoms with Crippen molar-refractivity contribution in [2.45, 2.75) is 6.42 Å². The number of aromatic carboxylic acids is 1. The number of carboxylic acid groups (broad SMARTS) is 2. The maximum absolute atomic E-state index is 12.7. The average molecular weight is 462 g/mol. The number of hydrogen-bond acceptors (Lipinski definition) is 4. The van der Waals surface area contributed by atoms with Gasteiger partial charge in [0.05, 0.1) is 17.0 Å². The van der Waals surface area contributed by atoms with Crippen molar-refractivity contribution in [2.75, 3.05) is 18.6 Å². The lowest BCUT2D eigenvalue weighted by molar-refractivity contribution is -0.136. The van der Waals surface area contributed by atoms with Gasteiger partial charge in [0.15, 0.2) is 6.61 Å². The SMILES string of the molecule is CN(C(=O)COc1cc(C(=O)O)cc2cc(Cl)cc(Cl)c12)c1cccc(CC(=O)O)c1. The Hall–Kier alpha value is -3.29. The van der Waals surface area contributed by atoms with Crippen LogP contribution >= 0.6 is 23.2 Å². The molecule has 1 amide bonds. The van der Waals surface area contributed by atoms with E-state index in [1.807, 2.05) is 0 Å². The van der Waals surface area contributed by atoms with Crippen LogP contribution in [-0.4, -0.2) is 41.7 Å². The van der Waals surface area contributed by atoms with Crippen LogP contribution in [0.5, 0.6) is 5.75 Å². The molecule has 0 radical (unpaired) electrons. The van der Waals surface area contributed by atoms with Gasteiger partial charge in [0, 0.05) is 23.1 Å². The smallest absolute Gasteiger partial charge is 0.335 e. The van der Waals surface area contributed by atoms with E-state index in [-0.39, 0.29) is 22.8 Å². The van der Waals surface area contributed by atoms with E-state index < -0.39 is 24.5 Å². The zero-order chi connectivity index (χ0) is 22.7. The molecule has 9 heteroatoms. The topological polar surface area (TPSA) is 104 Å². The Labute approximate surface area is 187 Å². The Morgan fingerprint density at radius 3 is 2.45 bits per heavy atom. The van der Waals surface area contributed by atoms with Crippen LogP contribution in [0, 0.1) is 0 Å². The number of fused-ring (bicyclic) bond motifs is 1. The largest absolute Gasteiger partial charge is 0.483 e. The minimum Gasteiger partial charge on any atom is -0.483 e. The van der Waals surface area contributed by atoms with E-state index in [1.54, 1.807) is 30.3 Å². The van der Waals surface area contributed by atoms with Crippen LogP contribution in [0.3, 0.4) is 0 Å². The van der Waals surface area contributed by atoms with E-state index >= 15 is 0 Å². The predicted octanol–water partition coefficient (Wildman–Crippen LogP) is 4.51. The molecular weight excluding hydrogens is 445 g/mol. The van der Waals surface area contributed by atoms with E-state index in [2.05, 4.69) is 0 Å². The highest BCUT2D eigenvalue weighted by Crippen LogP contribution is 2.36. The van der Waals surface area contributed by atoms with E-state index in [0.29, 0.717) is 27.0 Å². The van der Waals surface area contributed by atoms with Crippen LogP contribution in [0.2, 0.25) is 10.0 Å². The summed E-state index contributed by atoms with van der Waals surface area (Å²) in [5.41, 5.74) is 1.01. The van der Waals surface area contributed by atoms with Gasteiger partial charge in [0.1, 0.15) is 5.75 Å². The van der Waals surface area contributed by atoms with Crippen LogP contribution in [0.1, 0.15) is 15.9 Å². The monoisotopic (exact) mass is 461 g/mol. The summed E-state index contributed by atoms with van der Waals surface area (Å²) in [6.45, 7) is -0.392. The van der Waals surface area contributed by atoms with Crippen molar-refractivity contribution < 1.29 is 29.3 Å². The van der Waals surface area contributed by atoms with Gasteiger partial charge in [-0.15, -0.1) is 0 Å². The summed E-state index contributed by atoms with van der Waals surface area (Å²) in [5, 5.41) is 19.8. The van der Waals surface area contributed by atoms with Crippen molar-refractivity contribution in [1.29, 1.82) is 0 Å². The molecule has 7 nitrogen and oxygen atoms in total. The molecule has 2 N–H and O–H groups in total. The normalized spacial score (nSPS) is 10.7. The van der Waals surface area contributed by atoms with E-state index in [9.17, 15) is 19.5 Å². The van der Waals surface area contributed by atoms with Crippen LogP contribution in [0.4, 0.5) is 5.69 Å². The molecule has 3 aromatic rings. The van der Waals surface area contributed by atoms with E-state index in [4.69, 9.17) is 33.0 Å². The first-order valence-corrected chi connectivity index (χ1v) is 9.77. The summed E-state index contributed by atoms with van der Waals surface area (Å²) < 4.78 is 5.65. The molecule has 0 aromatic heterocycles. The summed E-state index contributed by atoms with van der Waals surface area (Å²) in [6, 6.07) is 12.4. The van der Waals surface area contributed by atoms with Crippen molar-refractivity contribution in [1.82, 2.24) is 0 Å². The molecule has 0 aliphatic rings. The third-order valence-corrected chi connectivity index (χ3v) is 5.07. The van der Waals surface area contributed by atoms with Crippen LogP contribution in [0.15, 0.2) is 48.5 Å². The molecule has 0 bridgehead atoms. The molecule has 0 unspecified atom stereocenters. The molecule has 0 atom stereocenters. The Morgan fingerprint density at radius 2 is 1.77 bits per heavy atom. The average Bonchev–Trinajstić information content (AvgIpc) is 2.70. The fraction of sp³-hybridized carbons (Fsp3) is 0.136. The lowest BCUT2D eigenvalue weighted by Gasteiger charge is -2.19. The summed E-state index contributed by atoms with van der Waals surface area (Å²) >= 11 is 12.3. The van der Waals surface area contributed by atoms with Gasteiger partial charge in [-0.05, 0) is 47.3 Å². The zero-order valence-corrected chi connectivity index (χ0v) is 17.8. The molecule has 0 saturated carbocycles. The van der Waals surface area contributed by atoms with Gasteiger partial charge in [-0.25, -0.2) is 4.79 Å². The van der Waals surface area contributed by atoms with Crippen LogP contribution in [-0.2, 0) is 16.0 Å². The number of amides is 1. The molecule has 0 aliphatic heterocycles. The number of likely N-dealkylation sites (N-methyl/N-ethyl adjacent to an activating group) is 1. The first-order chi connectivity index (χ1) is 14.7. The first-order valence-electron chi connectivity index (χ1n) is 9.02. The highest BCUT2D eigenvalue weighted by atomic mass is 35.5. The van der Waals surface area contributed by atoms with Crippen molar-refractivity contribution in [2.24, 2.45) is 0 Å². The molecule has 3 rings (SSSR count). The number of carbonyl (C=O) groups is 3. The maximum atomic E-state index is 12.7. The van der Waals surface area contributed by atoms with Gasteiger partial charge >= 0.3 is 11.9 Å². The molecule has 0 heterocycles. The number of hydrogen-bond donors (Lipinski definition) is 2. The Bertz CT molecular complexity index is 1190. The number of benzene rings is 3. The third-order valence-electron chi connectivity index (χ3n) is 4.55. The molecule has 3 aromatic carbocycles. The van der Waals surface area contributed by atoms with Gasteiger partial charge in [-0.2, -0.15) is 0 Å². The fourth-order valence-electron chi connectivity index (χ4n) is 3.06. The second kappa shape index (κ2) is 9.24. The number of aliphatic carboxylic acids is 1. The summed E-state index contributed by atoms with van der Waals surface area (Å²) in [6.07, 6.45) is -0.165. The number of halogens is 2. The lowest BCUT2D eigenvalue weighted by atomic mass is 10.1. The molecule has 31 heavy (non-hydrogen) atoms. The van der Waals surface area contributed by atoms with Crippen LogP contribution < -0.4 is 9.64 Å². The van der Waals surface area contributed by atoms with Gasteiger partial charge < -0.3 is 19.8 Å². The number of carboxylic acids is 2.